The topological polar surface area (TPSA) is 54.2 Å². The third-order valence-corrected chi connectivity index (χ3v) is 4.19. The highest BCUT2D eigenvalue weighted by Gasteiger charge is 2.05. The van der Waals surface area contributed by atoms with Gasteiger partial charge < -0.3 is 15.2 Å². The van der Waals surface area contributed by atoms with Crippen molar-refractivity contribution in [2.75, 3.05) is 13.6 Å². The number of halogens is 1. The molecule has 0 bridgehead atoms. The second-order valence-electron chi connectivity index (χ2n) is 5.59. The van der Waals surface area contributed by atoms with Crippen LogP contribution in [0.15, 0.2) is 35.7 Å². The van der Waals surface area contributed by atoms with Crippen molar-refractivity contribution in [1.29, 1.82) is 0 Å². The van der Waals surface area contributed by atoms with Crippen LogP contribution in [0.1, 0.15) is 23.7 Å². The van der Waals surface area contributed by atoms with Crippen molar-refractivity contribution in [3.05, 3.63) is 40.6 Å². The van der Waals surface area contributed by atoms with E-state index < -0.39 is 0 Å². The molecule has 7 heteroatoms. The van der Waals surface area contributed by atoms with E-state index in [1.165, 1.54) is 9.88 Å². The Morgan fingerprint density at radius 2 is 2.04 bits per heavy atom. The summed E-state index contributed by atoms with van der Waals surface area (Å²) >= 11 is 1.78. The summed E-state index contributed by atoms with van der Waals surface area (Å²) in [4.78, 5) is 9.96. The minimum atomic E-state index is 0. The molecule has 2 heterocycles. The fourth-order valence-electron chi connectivity index (χ4n) is 2.09. The highest BCUT2D eigenvalue weighted by Crippen LogP contribution is 2.16. The Hall–Kier alpha value is -1.09. The highest BCUT2D eigenvalue weighted by atomic mass is 127. The van der Waals surface area contributed by atoms with Gasteiger partial charge in [0.25, 0.3) is 0 Å². The first-order chi connectivity index (χ1) is 10.7. The summed E-state index contributed by atoms with van der Waals surface area (Å²) in [6.07, 6.45) is 7.13. The van der Waals surface area contributed by atoms with Gasteiger partial charge in [-0.3, -0.25) is 4.99 Å². The summed E-state index contributed by atoms with van der Waals surface area (Å²) in [6.45, 7) is 6.97. The van der Waals surface area contributed by atoms with Crippen molar-refractivity contribution in [2.24, 2.45) is 10.9 Å². The lowest BCUT2D eigenvalue weighted by molar-refractivity contribution is 0.644. The molecular weight excluding hydrogens is 421 g/mol. The van der Waals surface area contributed by atoms with Gasteiger partial charge in [0, 0.05) is 50.0 Å². The molecule has 0 spiro atoms. The van der Waals surface area contributed by atoms with E-state index in [0.29, 0.717) is 5.92 Å². The molecule has 2 aromatic heterocycles. The smallest absolute Gasteiger partial charge is 0.191 e. The van der Waals surface area contributed by atoms with Crippen molar-refractivity contribution in [3.63, 3.8) is 0 Å². The Balaban J connectivity index is 0.00000264. The number of guanidine groups is 1. The maximum absolute atomic E-state index is 4.47. The Labute approximate surface area is 159 Å². The molecule has 0 aliphatic rings. The van der Waals surface area contributed by atoms with Crippen LogP contribution in [-0.4, -0.2) is 29.1 Å². The zero-order chi connectivity index (χ0) is 15.8. The first kappa shape index (κ1) is 20.0. The third-order valence-electron chi connectivity index (χ3n) is 3.17. The number of nitrogens with zero attached hydrogens (tertiary/aromatic N) is 3. The van der Waals surface area contributed by atoms with Crippen LogP contribution >= 0.6 is 35.3 Å². The largest absolute Gasteiger partial charge is 0.355 e. The van der Waals surface area contributed by atoms with Gasteiger partial charge in [-0.05, 0) is 18.1 Å². The molecule has 0 unspecified atom stereocenters. The lowest BCUT2D eigenvalue weighted by Crippen LogP contribution is -2.38. The van der Waals surface area contributed by atoms with Crippen LogP contribution in [0.25, 0.3) is 0 Å². The molecule has 0 atom stereocenters. The Morgan fingerprint density at radius 1 is 1.30 bits per heavy atom. The number of aromatic nitrogens is 2. The summed E-state index contributed by atoms with van der Waals surface area (Å²) in [5, 5.41) is 7.86. The van der Waals surface area contributed by atoms with E-state index in [-0.39, 0.29) is 24.0 Å². The average molecular weight is 447 g/mol. The van der Waals surface area contributed by atoms with Crippen LogP contribution in [0.3, 0.4) is 0 Å². The average Bonchev–Trinajstić information content (AvgIpc) is 3.14. The lowest BCUT2D eigenvalue weighted by Gasteiger charge is -2.11. The number of aliphatic imine (C=N–C) groups is 1. The van der Waals surface area contributed by atoms with E-state index in [2.05, 4.69) is 51.4 Å². The second-order valence-corrected chi connectivity index (χ2v) is 6.79. The van der Waals surface area contributed by atoms with Crippen molar-refractivity contribution in [1.82, 2.24) is 20.2 Å². The fraction of sp³-hybridized carbons (Fsp3) is 0.500. The minimum absolute atomic E-state index is 0. The molecule has 0 radical (unpaired) electrons. The van der Waals surface area contributed by atoms with Gasteiger partial charge in [-0.1, -0.05) is 13.8 Å². The fourth-order valence-corrected chi connectivity index (χ4v) is 3.16. The monoisotopic (exact) mass is 447 g/mol. The van der Waals surface area contributed by atoms with Crippen LogP contribution < -0.4 is 10.6 Å². The zero-order valence-electron chi connectivity index (χ0n) is 14.0. The summed E-state index contributed by atoms with van der Waals surface area (Å²) in [5.74, 6) is 1.47. The third kappa shape index (κ3) is 7.34. The minimum Gasteiger partial charge on any atom is -0.355 e. The van der Waals surface area contributed by atoms with Crippen LogP contribution in [0.4, 0.5) is 0 Å². The van der Waals surface area contributed by atoms with Gasteiger partial charge >= 0.3 is 0 Å². The van der Waals surface area contributed by atoms with Gasteiger partial charge in [0.1, 0.15) is 0 Å². The maximum atomic E-state index is 4.47. The standard InChI is InChI=1S/C16H25N5S.HI/c1-13(2)10-15-19-11-14(22-15)12-20-16(17-3)18-6-9-21-7-4-5-8-21;/h4-5,7-8,11,13H,6,9-10,12H2,1-3H3,(H2,17,18,20);1H. The van der Waals surface area contributed by atoms with Gasteiger partial charge in [0.05, 0.1) is 11.6 Å². The van der Waals surface area contributed by atoms with Gasteiger partial charge in [-0.15, -0.1) is 35.3 Å². The second kappa shape index (κ2) is 10.6. The predicted molar refractivity (Wildman–Crippen MR) is 109 cm³/mol. The molecule has 2 rings (SSSR count). The Bertz CT molecular complexity index is 577. The van der Waals surface area contributed by atoms with Gasteiger partial charge in [-0.25, -0.2) is 4.98 Å². The van der Waals surface area contributed by atoms with Gasteiger partial charge in [-0.2, -0.15) is 0 Å². The molecule has 0 saturated carbocycles. The Morgan fingerprint density at radius 3 is 2.70 bits per heavy atom. The molecule has 2 N–H and O–H groups in total. The Kier molecular flexibility index (Phi) is 9.23. The zero-order valence-corrected chi connectivity index (χ0v) is 17.1. The molecule has 0 saturated heterocycles. The molecule has 5 nitrogen and oxygen atoms in total. The summed E-state index contributed by atoms with van der Waals surface area (Å²) in [5.41, 5.74) is 0. The molecule has 0 aliphatic carbocycles. The van der Waals surface area contributed by atoms with Crippen LogP contribution in [-0.2, 0) is 19.5 Å². The first-order valence-corrected chi connectivity index (χ1v) is 8.48. The van der Waals surface area contributed by atoms with Gasteiger partial charge in [0.2, 0.25) is 0 Å². The SMILES string of the molecule is CN=C(NCCn1cccc1)NCc1cnc(CC(C)C)s1.I. The maximum Gasteiger partial charge on any atom is 0.191 e. The number of rotatable bonds is 7. The quantitative estimate of drug-likeness (QED) is 0.390. The lowest BCUT2D eigenvalue weighted by atomic mass is 10.1. The van der Waals surface area contributed by atoms with Crippen LogP contribution in [0.5, 0.6) is 0 Å². The normalized spacial score (nSPS) is 11.4. The van der Waals surface area contributed by atoms with Crippen molar-refractivity contribution in [2.45, 2.75) is 33.4 Å². The van der Waals surface area contributed by atoms with E-state index in [1.54, 1.807) is 18.4 Å². The highest BCUT2D eigenvalue weighted by molar-refractivity contribution is 14.0. The summed E-state index contributed by atoms with van der Waals surface area (Å²) in [6, 6.07) is 4.07. The number of hydrogen-bond donors (Lipinski definition) is 2. The molecule has 23 heavy (non-hydrogen) atoms. The predicted octanol–water partition coefficient (Wildman–Crippen LogP) is 3.13. The number of thiazole rings is 1. The first-order valence-electron chi connectivity index (χ1n) is 7.66. The molecular formula is C16H26IN5S. The van der Waals surface area contributed by atoms with Crippen molar-refractivity contribution in [3.8, 4) is 0 Å². The molecule has 0 amide bonds. The number of nitrogens with one attached hydrogen (secondary N) is 2. The molecule has 0 aliphatic heterocycles. The summed E-state index contributed by atoms with van der Waals surface area (Å²) in [7, 11) is 1.79. The van der Waals surface area contributed by atoms with E-state index in [0.717, 1.165) is 32.0 Å². The number of hydrogen-bond acceptors (Lipinski definition) is 3. The molecule has 128 valence electrons. The van der Waals surface area contributed by atoms with E-state index in [1.807, 2.05) is 18.3 Å². The molecule has 0 aromatic carbocycles. The molecule has 0 fully saturated rings. The van der Waals surface area contributed by atoms with Gasteiger partial charge in [0.15, 0.2) is 5.96 Å². The van der Waals surface area contributed by atoms with E-state index >= 15 is 0 Å². The summed E-state index contributed by atoms with van der Waals surface area (Å²) < 4.78 is 2.14. The van der Waals surface area contributed by atoms with Crippen molar-refractivity contribution < 1.29 is 0 Å². The van der Waals surface area contributed by atoms with Crippen LogP contribution in [0, 0.1) is 5.92 Å². The van der Waals surface area contributed by atoms with Crippen molar-refractivity contribution >= 4 is 41.3 Å². The molecule has 2 aromatic rings. The van der Waals surface area contributed by atoms with Crippen LogP contribution in [0.2, 0.25) is 0 Å². The van der Waals surface area contributed by atoms with E-state index in [9.17, 15) is 0 Å². The van der Waals surface area contributed by atoms with E-state index in [4.69, 9.17) is 0 Å².